The average Bonchev–Trinajstić information content (AvgIpc) is 3.41. The minimum absolute atomic E-state index is 0.154. The number of carbonyl (C=O) groups excluding carboxylic acids is 1. The molecule has 6 fully saturated rings. The summed E-state index contributed by atoms with van der Waals surface area (Å²) >= 11 is 0. The molecule has 7 aliphatic carbocycles. The summed E-state index contributed by atoms with van der Waals surface area (Å²) in [6, 6.07) is 0. The van der Waals surface area contributed by atoms with Gasteiger partial charge < -0.3 is 4.74 Å². The van der Waals surface area contributed by atoms with E-state index in [1.165, 1.54) is 44.1 Å². The van der Waals surface area contributed by atoms with Crippen LogP contribution < -0.4 is 0 Å². The van der Waals surface area contributed by atoms with Gasteiger partial charge in [0.2, 0.25) is 0 Å². The monoisotopic (exact) mass is 352 g/mol. The lowest BCUT2D eigenvalue weighted by atomic mass is 9.64. The topological polar surface area (TPSA) is 26.3 Å². The number of hydrogen-bond acceptors (Lipinski definition) is 2. The first-order valence-electron chi connectivity index (χ1n) is 11.5. The van der Waals surface area contributed by atoms with Crippen LogP contribution in [0.2, 0.25) is 0 Å². The van der Waals surface area contributed by atoms with Gasteiger partial charge in [0.25, 0.3) is 0 Å². The molecule has 0 radical (unpaired) electrons. The van der Waals surface area contributed by atoms with E-state index in [1.54, 1.807) is 0 Å². The van der Waals surface area contributed by atoms with Gasteiger partial charge in [-0.1, -0.05) is 18.1 Å². The van der Waals surface area contributed by atoms with Gasteiger partial charge >= 0.3 is 5.97 Å². The van der Waals surface area contributed by atoms with Crippen LogP contribution in [-0.2, 0) is 9.53 Å². The predicted octanol–water partition coefficient (Wildman–Crippen LogP) is 4.98. The van der Waals surface area contributed by atoms with E-state index in [-0.39, 0.29) is 17.5 Å². The van der Waals surface area contributed by atoms with Gasteiger partial charge in [-0.2, -0.15) is 0 Å². The number of allylic oxidation sites excluding steroid dienone is 2. The zero-order chi connectivity index (χ0) is 17.2. The van der Waals surface area contributed by atoms with E-state index in [1.807, 2.05) is 0 Å². The minimum atomic E-state index is -0.212. The Morgan fingerprint density at radius 1 is 1.04 bits per heavy atom. The van der Waals surface area contributed by atoms with E-state index in [0.717, 1.165) is 60.7 Å². The fourth-order valence-electron chi connectivity index (χ4n) is 9.94. The zero-order valence-corrected chi connectivity index (χ0v) is 16.0. The van der Waals surface area contributed by atoms with Crippen LogP contribution >= 0.6 is 0 Å². The van der Waals surface area contributed by atoms with E-state index < -0.39 is 0 Å². The summed E-state index contributed by atoms with van der Waals surface area (Å²) in [6.07, 6.45) is 14.5. The van der Waals surface area contributed by atoms with Gasteiger partial charge in [-0.3, -0.25) is 4.79 Å². The molecule has 2 nitrogen and oxygen atoms in total. The molecule has 11 unspecified atom stereocenters. The summed E-state index contributed by atoms with van der Waals surface area (Å²) < 4.78 is 6.35. The highest BCUT2D eigenvalue weighted by Crippen LogP contribution is 2.73. The van der Waals surface area contributed by atoms with Crippen molar-refractivity contribution in [2.45, 2.75) is 70.8 Å². The summed E-state index contributed by atoms with van der Waals surface area (Å²) in [6.45, 7) is 2.19. The molecule has 0 aromatic carbocycles. The number of hydrogen-bond donors (Lipinski definition) is 0. The van der Waals surface area contributed by atoms with Crippen LogP contribution in [0.25, 0.3) is 0 Å². The Kier molecular flexibility index (Phi) is 2.79. The fourth-order valence-corrected chi connectivity index (χ4v) is 9.94. The van der Waals surface area contributed by atoms with Crippen LogP contribution in [0.1, 0.15) is 64.7 Å². The van der Waals surface area contributed by atoms with Crippen molar-refractivity contribution in [2.75, 3.05) is 0 Å². The van der Waals surface area contributed by atoms with Crippen molar-refractivity contribution < 1.29 is 9.53 Å². The first kappa shape index (κ1) is 15.2. The second-order valence-corrected chi connectivity index (χ2v) is 11.4. The largest absolute Gasteiger partial charge is 0.462 e. The van der Waals surface area contributed by atoms with Gasteiger partial charge in [-0.15, -0.1) is 0 Å². The van der Waals surface area contributed by atoms with Crippen molar-refractivity contribution in [3.8, 4) is 0 Å². The first-order valence-corrected chi connectivity index (χ1v) is 11.5. The van der Waals surface area contributed by atoms with Gasteiger partial charge in [0.15, 0.2) is 0 Å². The molecule has 0 N–H and O–H groups in total. The van der Waals surface area contributed by atoms with Crippen LogP contribution in [-0.4, -0.2) is 12.1 Å². The molecule has 0 saturated heterocycles. The molecule has 7 rings (SSSR count). The molecule has 0 aromatic rings. The third kappa shape index (κ3) is 1.65. The van der Waals surface area contributed by atoms with Gasteiger partial charge in [0.05, 0.1) is 5.41 Å². The number of esters is 1. The van der Waals surface area contributed by atoms with E-state index in [4.69, 9.17) is 4.74 Å². The second kappa shape index (κ2) is 4.78. The Bertz CT molecular complexity index is 709. The van der Waals surface area contributed by atoms with Crippen LogP contribution in [0.5, 0.6) is 0 Å². The molecular formula is C24H32O2. The number of ether oxygens (including phenoxy) is 1. The van der Waals surface area contributed by atoms with E-state index >= 15 is 0 Å². The Morgan fingerprint density at radius 2 is 1.85 bits per heavy atom. The summed E-state index contributed by atoms with van der Waals surface area (Å²) in [5.74, 6) is 8.40. The normalized spacial score (nSPS) is 60.4. The summed E-state index contributed by atoms with van der Waals surface area (Å²) in [5.41, 5.74) is 1.30. The highest BCUT2D eigenvalue weighted by Gasteiger charge is 2.68. The minimum Gasteiger partial charge on any atom is -0.462 e. The lowest BCUT2D eigenvalue weighted by Crippen LogP contribution is -2.44. The lowest BCUT2D eigenvalue weighted by molar-refractivity contribution is -0.168. The maximum Gasteiger partial charge on any atom is 0.312 e. The summed E-state index contributed by atoms with van der Waals surface area (Å²) in [5, 5.41) is 0. The summed E-state index contributed by atoms with van der Waals surface area (Å²) in [4.78, 5) is 13.2. The highest BCUT2D eigenvalue weighted by atomic mass is 16.5. The van der Waals surface area contributed by atoms with Crippen molar-refractivity contribution in [3.05, 3.63) is 11.6 Å². The van der Waals surface area contributed by atoms with Gasteiger partial charge in [0.1, 0.15) is 6.10 Å². The maximum absolute atomic E-state index is 13.2. The van der Waals surface area contributed by atoms with Crippen molar-refractivity contribution in [1.29, 1.82) is 0 Å². The molecule has 140 valence electrons. The molecule has 6 bridgehead atoms. The molecule has 6 saturated carbocycles. The number of rotatable bonds is 2. The first-order chi connectivity index (χ1) is 12.6. The van der Waals surface area contributed by atoms with Crippen LogP contribution in [0.4, 0.5) is 0 Å². The second-order valence-electron chi connectivity index (χ2n) is 11.4. The molecular weight excluding hydrogens is 320 g/mol. The van der Waals surface area contributed by atoms with E-state index in [2.05, 4.69) is 13.0 Å². The smallest absolute Gasteiger partial charge is 0.312 e. The fraction of sp³-hybridized carbons (Fsp3) is 0.875. The number of fused-ring (bicyclic) bond motifs is 14. The summed E-state index contributed by atoms with van der Waals surface area (Å²) in [7, 11) is 0. The van der Waals surface area contributed by atoms with E-state index in [0.29, 0.717) is 11.8 Å². The molecule has 7 aliphatic rings. The number of carbonyl (C=O) groups is 1. The van der Waals surface area contributed by atoms with Gasteiger partial charge in [-0.05, 0) is 112 Å². The standard InChI is InChI=1S/C24H32O2/c1-24(11-12-5-6-14(24)7-12)23(25)26-20-9-13-8-19(20)22-18-10-17(21(13)22)15-3-2-4-16(15)18/h5,13-22H,2-4,6-11H2,1H3. The lowest BCUT2D eigenvalue weighted by Gasteiger charge is -2.43. The Hall–Kier alpha value is -0.790. The highest BCUT2D eigenvalue weighted by molar-refractivity contribution is 5.79. The third-order valence-electron chi connectivity index (χ3n) is 10.7. The molecule has 11 atom stereocenters. The molecule has 26 heavy (non-hydrogen) atoms. The molecule has 0 amide bonds. The molecule has 2 heteroatoms. The Labute approximate surface area is 157 Å². The van der Waals surface area contributed by atoms with Gasteiger partial charge in [0, 0.05) is 0 Å². The molecule has 0 aromatic heterocycles. The molecule has 0 heterocycles. The van der Waals surface area contributed by atoms with Crippen LogP contribution in [0.15, 0.2) is 11.6 Å². The van der Waals surface area contributed by atoms with Gasteiger partial charge in [-0.25, -0.2) is 0 Å². The van der Waals surface area contributed by atoms with Crippen molar-refractivity contribution in [2.24, 2.45) is 58.7 Å². The predicted molar refractivity (Wildman–Crippen MR) is 99.0 cm³/mol. The SMILES string of the molecule is CC1(C(=O)OC2CC3CC2C2C4CC(C5CCCC54)C32)CC2=CCC1C2. The zero-order valence-electron chi connectivity index (χ0n) is 16.0. The van der Waals surface area contributed by atoms with Crippen molar-refractivity contribution >= 4 is 5.97 Å². The van der Waals surface area contributed by atoms with Crippen LogP contribution in [0, 0.1) is 58.7 Å². The van der Waals surface area contributed by atoms with E-state index in [9.17, 15) is 4.79 Å². The third-order valence-corrected chi connectivity index (χ3v) is 10.7. The van der Waals surface area contributed by atoms with Crippen molar-refractivity contribution in [3.63, 3.8) is 0 Å². The molecule has 0 aliphatic heterocycles. The van der Waals surface area contributed by atoms with Crippen LogP contribution in [0.3, 0.4) is 0 Å². The maximum atomic E-state index is 13.2. The Morgan fingerprint density at radius 3 is 2.58 bits per heavy atom. The average molecular weight is 353 g/mol. The Balaban J connectivity index is 1.11. The quantitative estimate of drug-likeness (QED) is 0.398. The molecule has 0 spiro atoms. The van der Waals surface area contributed by atoms with Crippen molar-refractivity contribution in [1.82, 2.24) is 0 Å².